The number of sulfonamides is 1. The van der Waals surface area contributed by atoms with E-state index in [9.17, 15) is 13.2 Å². The Labute approximate surface area is 125 Å². The highest BCUT2D eigenvalue weighted by atomic mass is 32.2. The molecule has 1 aromatic rings. The average molecular weight is 311 g/mol. The Morgan fingerprint density at radius 1 is 1.43 bits per heavy atom. The van der Waals surface area contributed by atoms with Crippen LogP contribution in [0.3, 0.4) is 0 Å². The molecule has 116 valence electrons. The first-order chi connectivity index (χ1) is 9.77. The number of likely N-dealkylation sites (N-methyl/N-ethyl adjacent to an activating group) is 1. The number of nitrogens with two attached hydrogens (primary N) is 1. The van der Waals surface area contributed by atoms with E-state index in [0.717, 1.165) is 12.0 Å². The Morgan fingerprint density at radius 3 is 2.76 bits per heavy atom. The van der Waals surface area contributed by atoms with Gasteiger partial charge in [-0.25, -0.2) is 13.6 Å². The van der Waals surface area contributed by atoms with Gasteiger partial charge in [0.15, 0.2) is 0 Å². The number of likely N-dealkylation sites (tertiary alicyclic amines) is 1. The maximum absolute atomic E-state index is 11.5. The molecule has 21 heavy (non-hydrogen) atoms. The van der Waals surface area contributed by atoms with E-state index in [1.54, 1.807) is 24.1 Å². The summed E-state index contributed by atoms with van der Waals surface area (Å²) in [6.45, 7) is 2.64. The Balaban J connectivity index is 2.07. The van der Waals surface area contributed by atoms with E-state index < -0.39 is 10.0 Å². The number of benzene rings is 1. The lowest BCUT2D eigenvalue weighted by Gasteiger charge is -2.32. The molecule has 0 aliphatic carbocycles. The quantitative estimate of drug-likeness (QED) is 0.852. The second-order valence-electron chi connectivity index (χ2n) is 5.52. The summed E-state index contributed by atoms with van der Waals surface area (Å²) in [6.07, 6.45) is 1.33. The summed E-state index contributed by atoms with van der Waals surface area (Å²) in [5.74, 6) is 0.164. The van der Waals surface area contributed by atoms with E-state index in [-0.39, 0.29) is 22.9 Å². The van der Waals surface area contributed by atoms with Crippen LogP contribution in [0.25, 0.3) is 0 Å². The highest BCUT2D eigenvalue weighted by Crippen LogP contribution is 2.19. The first-order valence-corrected chi connectivity index (χ1v) is 8.45. The minimum atomic E-state index is -3.69. The van der Waals surface area contributed by atoms with Crippen LogP contribution in [0, 0.1) is 0 Å². The number of nitrogens with one attached hydrogen (secondary N) is 1. The molecule has 1 heterocycles. The molecule has 1 aromatic carbocycles. The van der Waals surface area contributed by atoms with E-state index >= 15 is 0 Å². The van der Waals surface area contributed by atoms with Gasteiger partial charge >= 0.3 is 0 Å². The first-order valence-electron chi connectivity index (χ1n) is 6.90. The van der Waals surface area contributed by atoms with Crippen LogP contribution in [0.15, 0.2) is 29.2 Å². The molecule has 3 N–H and O–H groups in total. The smallest absolute Gasteiger partial charge is 0.238 e. The van der Waals surface area contributed by atoms with Crippen molar-refractivity contribution in [2.45, 2.75) is 36.7 Å². The third kappa shape index (κ3) is 4.03. The second-order valence-corrected chi connectivity index (χ2v) is 7.08. The Kier molecular flexibility index (Phi) is 4.65. The van der Waals surface area contributed by atoms with Gasteiger partial charge < -0.3 is 10.2 Å². The van der Waals surface area contributed by atoms with Gasteiger partial charge in [0.25, 0.3) is 0 Å². The minimum absolute atomic E-state index is 0.0155. The summed E-state index contributed by atoms with van der Waals surface area (Å²) in [6, 6.07) is 6.82. The highest BCUT2D eigenvalue weighted by molar-refractivity contribution is 7.89. The van der Waals surface area contributed by atoms with Gasteiger partial charge in [-0.1, -0.05) is 12.1 Å². The normalized spacial score (nSPS) is 21.4. The summed E-state index contributed by atoms with van der Waals surface area (Å²) in [5, 5.41) is 8.59. The third-order valence-electron chi connectivity index (χ3n) is 3.80. The Morgan fingerprint density at radius 2 is 2.14 bits per heavy atom. The molecule has 0 spiro atoms. The van der Waals surface area contributed by atoms with Gasteiger partial charge in [-0.3, -0.25) is 4.79 Å². The lowest BCUT2D eigenvalue weighted by atomic mass is 10.0. The van der Waals surface area contributed by atoms with Crippen LogP contribution in [-0.2, 0) is 14.8 Å². The molecule has 2 unspecified atom stereocenters. The summed E-state index contributed by atoms with van der Waals surface area (Å²) in [5.41, 5.74) is 0.862. The van der Waals surface area contributed by atoms with Gasteiger partial charge in [-0.05, 0) is 31.0 Å². The van der Waals surface area contributed by atoms with Crippen molar-refractivity contribution >= 4 is 15.9 Å². The van der Waals surface area contributed by atoms with Gasteiger partial charge in [0.05, 0.1) is 4.90 Å². The maximum Gasteiger partial charge on any atom is 0.238 e. The molecule has 1 fully saturated rings. The SMILES string of the molecule is CC(NC1CCC(=O)N(C)C1)c1cccc(S(N)(=O)=O)c1. The summed E-state index contributed by atoms with van der Waals surface area (Å²) < 4.78 is 22.8. The second kappa shape index (κ2) is 6.13. The van der Waals surface area contributed by atoms with Gasteiger partial charge in [0, 0.05) is 32.1 Å². The summed E-state index contributed by atoms with van der Waals surface area (Å²) in [4.78, 5) is 13.3. The number of amides is 1. The van der Waals surface area contributed by atoms with Gasteiger partial charge in [-0.2, -0.15) is 0 Å². The zero-order valence-corrected chi connectivity index (χ0v) is 13.1. The lowest BCUT2D eigenvalue weighted by Crippen LogP contribution is -2.47. The van der Waals surface area contributed by atoms with Crippen LogP contribution in [0.2, 0.25) is 0 Å². The van der Waals surface area contributed by atoms with E-state index in [1.807, 2.05) is 13.0 Å². The number of hydrogen-bond acceptors (Lipinski definition) is 4. The molecule has 7 heteroatoms. The van der Waals surface area contributed by atoms with Crippen LogP contribution in [0.1, 0.15) is 31.4 Å². The summed E-state index contributed by atoms with van der Waals surface area (Å²) >= 11 is 0. The monoisotopic (exact) mass is 311 g/mol. The highest BCUT2D eigenvalue weighted by Gasteiger charge is 2.24. The predicted octanol–water partition coefficient (Wildman–Crippen LogP) is 0.605. The van der Waals surface area contributed by atoms with Crippen molar-refractivity contribution in [3.63, 3.8) is 0 Å². The van der Waals surface area contributed by atoms with Gasteiger partial charge in [0.1, 0.15) is 0 Å². The fraction of sp³-hybridized carbons (Fsp3) is 0.500. The van der Waals surface area contributed by atoms with Crippen LogP contribution in [0.4, 0.5) is 0 Å². The Bertz CT molecular complexity index is 630. The number of rotatable bonds is 4. The molecular weight excluding hydrogens is 290 g/mol. The molecule has 0 saturated carbocycles. The number of piperidine rings is 1. The standard InChI is InChI=1S/C14H21N3O3S/c1-10(16-12-6-7-14(18)17(2)9-12)11-4-3-5-13(8-11)21(15,19)20/h3-5,8,10,12,16H,6-7,9H2,1-2H3,(H2,15,19,20). The number of primary sulfonamides is 1. The van der Waals surface area contributed by atoms with E-state index in [4.69, 9.17) is 5.14 Å². The largest absolute Gasteiger partial charge is 0.344 e. The molecule has 0 aromatic heterocycles. The van der Waals surface area contributed by atoms with E-state index in [2.05, 4.69) is 5.32 Å². The zero-order valence-electron chi connectivity index (χ0n) is 12.2. The fourth-order valence-corrected chi connectivity index (χ4v) is 3.13. The zero-order chi connectivity index (χ0) is 15.6. The number of hydrogen-bond donors (Lipinski definition) is 2. The maximum atomic E-state index is 11.5. The van der Waals surface area contributed by atoms with Gasteiger partial charge in [0.2, 0.25) is 15.9 Å². The van der Waals surface area contributed by atoms with Crippen LogP contribution < -0.4 is 10.5 Å². The molecule has 2 rings (SSSR count). The van der Waals surface area contributed by atoms with Crippen molar-refractivity contribution < 1.29 is 13.2 Å². The third-order valence-corrected chi connectivity index (χ3v) is 4.71. The molecule has 0 radical (unpaired) electrons. The van der Waals surface area contributed by atoms with Crippen molar-refractivity contribution in [1.82, 2.24) is 10.2 Å². The van der Waals surface area contributed by atoms with Crippen LogP contribution in [-0.4, -0.2) is 38.9 Å². The molecule has 1 saturated heterocycles. The lowest BCUT2D eigenvalue weighted by molar-refractivity contribution is -0.132. The molecular formula is C14H21N3O3S. The molecule has 0 bridgehead atoms. The predicted molar refractivity (Wildman–Crippen MR) is 80.0 cm³/mol. The molecule has 1 aliphatic rings. The first kappa shape index (κ1) is 15.9. The topological polar surface area (TPSA) is 92.5 Å². The van der Waals surface area contributed by atoms with E-state index in [0.29, 0.717) is 13.0 Å². The Hall–Kier alpha value is -1.44. The average Bonchev–Trinajstić information content (AvgIpc) is 2.42. The van der Waals surface area contributed by atoms with Crippen molar-refractivity contribution in [3.05, 3.63) is 29.8 Å². The van der Waals surface area contributed by atoms with Crippen molar-refractivity contribution in [2.75, 3.05) is 13.6 Å². The molecule has 1 amide bonds. The minimum Gasteiger partial charge on any atom is -0.344 e. The number of carbonyl (C=O) groups is 1. The van der Waals surface area contributed by atoms with Crippen molar-refractivity contribution in [1.29, 1.82) is 0 Å². The van der Waals surface area contributed by atoms with Crippen molar-refractivity contribution in [2.24, 2.45) is 5.14 Å². The molecule has 2 atom stereocenters. The van der Waals surface area contributed by atoms with Gasteiger partial charge in [-0.15, -0.1) is 0 Å². The molecule has 1 aliphatic heterocycles. The van der Waals surface area contributed by atoms with Crippen LogP contribution in [0.5, 0.6) is 0 Å². The van der Waals surface area contributed by atoms with Crippen molar-refractivity contribution in [3.8, 4) is 0 Å². The number of nitrogens with zero attached hydrogens (tertiary/aromatic N) is 1. The van der Waals surface area contributed by atoms with E-state index in [1.165, 1.54) is 6.07 Å². The molecule has 6 nitrogen and oxygen atoms in total. The summed E-state index contributed by atoms with van der Waals surface area (Å²) in [7, 11) is -1.89. The van der Waals surface area contributed by atoms with Crippen LogP contribution >= 0.6 is 0 Å². The number of carbonyl (C=O) groups excluding carboxylic acids is 1. The fourth-order valence-electron chi connectivity index (χ4n) is 2.56.